The van der Waals surface area contributed by atoms with Crippen molar-refractivity contribution in [3.05, 3.63) is 47.0 Å². The fourth-order valence-corrected chi connectivity index (χ4v) is 2.01. The van der Waals surface area contributed by atoms with Crippen LogP contribution in [0, 0.1) is 0 Å². The third kappa shape index (κ3) is 2.99. The molecule has 2 aromatic rings. The number of alkyl halides is 3. The molecular formula is C14H10ClF3O2. The number of hydrogen-bond donors (Lipinski definition) is 1. The summed E-state index contributed by atoms with van der Waals surface area (Å²) in [5, 5.41) is 9.73. The molecule has 1 N–H and O–H groups in total. The van der Waals surface area contributed by atoms with E-state index in [1.54, 1.807) is 6.07 Å². The second-order valence-corrected chi connectivity index (χ2v) is 4.52. The molecule has 0 radical (unpaired) electrons. The summed E-state index contributed by atoms with van der Waals surface area (Å²) < 4.78 is 43.2. The van der Waals surface area contributed by atoms with Gasteiger partial charge < -0.3 is 9.84 Å². The molecule has 106 valence electrons. The Morgan fingerprint density at radius 1 is 1.10 bits per heavy atom. The quantitative estimate of drug-likeness (QED) is 0.868. The van der Waals surface area contributed by atoms with E-state index in [1.165, 1.54) is 25.3 Å². The number of aromatic hydroxyl groups is 1. The van der Waals surface area contributed by atoms with Crippen molar-refractivity contribution in [1.82, 2.24) is 0 Å². The molecule has 0 atom stereocenters. The van der Waals surface area contributed by atoms with E-state index >= 15 is 0 Å². The third-order valence-electron chi connectivity index (χ3n) is 2.73. The molecule has 0 saturated carbocycles. The minimum Gasteiger partial charge on any atom is -0.508 e. The van der Waals surface area contributed by atoms with E-state index in [1.807, 2.05) is 0 Å². The molecule has 0 bridgehead atoms. The molecule has 6 heteroatoms. The van der Waals surface area contributed by atoms with E-state index in [2.05, 4.69) is 0 Å². The lowest BCUT2D eigenvalue weighted by atomic mass is 10.0. The van der Waals surface area contributed by atoms with E-state index in [-0.39, 0.29) is 10.6 Å². The maximum absolute atomic E-state index is 12.7. The van der Waals surface area contributed by atoms with Crippen molar-refractivity contribution in [3.63, 3.8) is 0 Å². The molecule has 0 aliphatic rings. The molecule has 2 nitrogen and oxygen atoms in total. The number of rotatable bonds is 2. The maximum Gasteiger partial charge on any atom is 0.416 e. The number of phenolic OH excluding ortho intramolecular Hbond substituents is 1. The molecule has 0 aliphatic heterocycles. The normalized spacial score (nSPS) is 11.4. The highest BCUT2D eigenvalue weighted by molar-refractivity contribution is 6.33. The lowest BCUT2D eigenvalue weighted by Gasteiger charge is -2.12. The molecular weight excluding hydrogens is 293 g/mol. The first kappa shape index (κ1) is 14.5. The van der Waals surface area contributed by atoms with Crippen LogP contribution in [-0.2, 0) is 6.18 Å². The van der Waals surface area contributed by atoms with Crippen molar-refractivity contribution in [2.24, 2.45) is 0 Å². The summed E-state index contributed by atoms with van der Waals surface area (Å²) in [6, 6.07) is 7.44. The van der Waals surface area contributed by atoms with Crippen LogP contribution in [0.3, 0.4) is 0 Å². The molecule has 2 rings (SSSR count). The van der Waals surface area contributed by atoms with Crippen molar-refractivity contribution in [3.8, 4) is 22.6 Å². The summed E-state index contributed by atoms with van der Waals surface area (Å²) in [5.41, 5.74) is -0.417. The number of methoxy groups -OCH3 is 1. The van der Waals surface area contributed by atoms with Crippen LogP contribution in [0.5, 0.6) is 11.5 Å². The number of ether oxygens (including phenoxy) is 1. The first-order valence-electron chi connectivity index (χ1n) is 5.56. The van der Waals surface area contributed by atoms with Crippen molar-refractivity contribution < 1.29 is 23.0 Å². The SMILES string of the molecule is COc1ccc(Cl)c(-c2cc(O)cc(C(F)(F)F)c2)c1. The zero-order valence-corrected chi connectivity index (χ0v) is 11.1. The number of hydrogen-bond acceptors (Lipinski definition) is 2. The fourth-order valence-electron chi connectivity index (χ4n) is 1.78. The molecule has 0 saturated heterocycles. The summed E-state index contributed by atoms with van der Waals surface area (Å²) >= 11 is 5.99. The van der Waals surface area contributed by atoms with Crippen LogP contribution < -0.4 is 4.74 Å². The first-order valence-corrected chi connectivity index (χ1v) is 5.94. The van der Waals surface area contributed by atoms with Gasteiger partial charge in [0.1, 0.15) is 11.5 Å². The van der Waals surface area contributed by atoms with Crippen LogP contribution in [0.25, 0.3) is 11.1 Å². The third-order valence-corrected chi connectivity index (χ3v) is 3.06. The Balaban J connectivity index is 2.61. The second kappa shape index (κ2) is 5.25. The molecule has 0 spiro atoms. The average molecular weight is 303 g/mol. The highest BCUT2D eigenvalue weighted by Crippen LogP contribution is 2.38. The fraction of sp³-hybridized carbons (Fsp3) is 0.143. The summed E-state index contributed by atoms with van der Waals surface area (Å²) in [6.07, 6.45) is -4.54. The van der Waals surface area contributed by atoms with Crippen LogP contribution in [-0.4, -0.2) is 12.2 Å². The number of phenols is 1. The molecule has 20 heavy (non-hydrogen) atoms. The Morgan fingerprint density at radius 3 is 2.40 bits per heavy atom. The lowest BCUT2D eigenvalue weighted by molar-refractivity contribution is -0.137. The molecule has 0 fully saturated rings. The van der Waals surface area contributed by atoms with E-state index in [0.29, 0.717) is 17.4 Å². The van der Waals surface area contributed by atoms with Crippen molar-refractivity contribution in [2.45, 2.75) is 6.18 Å². The predicted molar refractivity (Wildman–Crippen MR) is 70.1 cm³/mol. The largest absolute Gasteiger partial charge is 0.508 e. The van der Waals surface area contributed by atoms with Gasteiger partial charge >= 0.3 is 6.18 Å². The van der Waals surface area contributed by atoms with Crippen molar-refractivity contribution in [2.75, 3.05) is 7.11 Å². The molecule has 0 aliphatic carbocycles. The van der Waals surface area contributed by atoms with Gasteiger partial charge in [-0.05, 0) is 42.0 Å². The Labute approximate surface area is 118 Å². The zero-order chi connectivity index (χ0) is 14.9. The van der Waals surface area contributed by atoms with Crippen LogP contribution in [0.15, 0.2) is 36.4 Å². The second-order valence-electron chi connectivity index (χ2n) is 4.11. The Hall–Kier alpha value is -1.88. The lowest BCUT2D eigenvalue weighted by Crippen LogP contribution is -2.04. The Kier molecular flexibility index (Phi) is 3.81. The monoisotopic (exact) mass is 302 g/mol. The van der Waals surface area contributed by atoms with Gasteiger partial charge in [0.25, 0.3) is 0 Å². The first-order chi connectivity index (χ1) is 9.31. The summed E-state index contributed by atoms with van der Waals surface area (Å²) in [7, 11) is 1.44. The topological polar surface area (TPSA) is 29.5 Å². The van der Waals surface area contributed by atoms with Crippen LogP contribution in [0.1, 0.15) is 5.56 Å². The van der Waals surface area contributed by atoms with Gasteiger partial charge in [-0.2, -0.15) is 13.2 Å². The minimum absolute atomic E-state index is 0.168. The summed E-state index contributed by atoms with van der Waals surface area (Å²) in [6.45, 7) is 0. The van der Waals surface area contributed by atoms with E-state index in [0.717, 1.165) is 6.07 Å². The Bertz CT molecular complexity index is 639. The van der Waals surface area contributed by atoms with Crippen molar-refractivity contribution in [1.29, 1.82) is 0 Å². The van der Waals surface area contributed by atoms with Gasteiger partial charge in [-0.25, -0.2) is 0 Å². The average Bonchev–Trinajstić information content (AvgIpc) is 2.37. The minimum atomic E-state index is -4.54. The van der Waals surface area contributed by atoms with Gasteiger partial charge in [-0.15, -0.1) is 0 Å². The van der Waals surface area contributed by atoms with E-state index in [4.69, 9.17) is 16.3 Å². The highest BCUT2D eigenvalue weighted by atomic mass is 35.5. The number of halogens is 4. The van der Waals surface area contributed by atoms with Gasteiger partial charge in [0.2, 0.25) is 0 Å². The molecule has 0 unspecified atom stereocenters. The standard InChI is InChI=1S/C14H10ClF3O2/c1-20-11-2-3-13(15)12(7-11)8-4-9(14(16,17)18)6-10(19)5-8/h2-7,19H,1H3. The molecule has 0 heterocycles. The molecule has 0 amide bonds. The summed E-state index contributed by atoms with van der Waals surface area (Å²) in [5.74, 6) is -0.0185. The van der Waals surface area contributed by atoms with Crippen LogP contribution in [0.4, 0.5) is 13.2 Å². The van der Waals surface area contributed by atoms with Crippen LogP contribution in [0.2, 0.25) is 5.02 Å². The highest BCUT2D eigenvalue weighted by Gasteiger charge is 2.31. The summed E-state index contributed by atoms with van der Waals surface area (Å²) in [4.78, 5) is 0. The maximum atomic E-state index is 12.7. The predicted octanol–water partition coefficient (Wildman–Crippen LogP) is 4.74. The van der Waals surface area contributed by atoms with Crippen molar-refractivity contribution >= 4 is 11.6 Å². The van der Waals surface area contributed by atoms with Gasteiger partial charge in [-0.1, -0.05) is 11.6 Å². The zero-order valence-electron chi connectivity index (χ0n) is 10.3. The molecule has 2 aromatic carbocycles. The van der Waals surface area contributed by atoms with Gasteiger partial charge in [0, 0.05) is 10.6 Å². The van der Waals surface area contributed by atoms with Gasteiger partial charge in [-0.3, -0.25) is 0 Å². The van der Waals surface area contributed by atoms with E-state index < -0.39 is 17.5 Å². The molecule has 0 aromatic heterocycles. The van der Waals surface area contributed by atoms with E-state index in [9.17, 15) is 18.3 Å². The smallest absolute Gasteiger partial charge is 0.416 e. The van der Waals surface area contributed by atoms with Gasteiger partial charge in [0.15, 0.2) is 0 Å². The van der Waals surface area contributed by atoms with Crippen LogP contribution >= 0.6 is 11.6 Å². The Morgan fingerprint density at radius 2 is 1.80 bits per heavy atom. The van der Waals surface area contributed by atoms with Gasteiger partial charge in [0.05, 0.1) is 12.7 Å². The number of benzene rings is 2.